The van der Waals surface area contributed by atoms with Gasteiger partial charge in [-0.1, -0.05) is 20.8 Å². The van der Waals surface area contributed by atoms with E-state index in [0.29, 0.717) is 67.9 Å². The number of aromatic amines is 1. The summed E-state index contributed by atoms with van der Waals surface area (Å²) in [5.74, 6) is 0.788. The minimum absolute atomic E-state index is 0.123. The lowest BCUT2D eigenvalue weighted by Gasteiger charge is -2.36. The summed E-state index contributed by atoms with van der Waals surface area (Å²) in [7, 11) is -1.89. The van der Waals surface area contributed by atoms with Crippen LogP contribution in [0.1, 0.15) is 59.4 Å². The highest BCUT2D eigenvalue weighted by Gasteiger charge is 2.27. The van der Waals surface area contributed by atoms with Gasteiger partial charge in [0.25, 0.3) is 0 Å². The van der Waals surface area contributed by atoms with Crippen LogP contribution in [0.15, 0.2) is 24.3 Å². The molecule has 1 amide bonds. The molecule has 1 fully saturated rings. The monoisotopic (exact) mass is 601 g/mol. The van der Waals surface area contributed by atoms with E-state index in [1.54, 1.807) is 13.1 Å². The van der Waals surface area contributed by atoms with Crippen LogP contribution in [0.5, 0.6) is 0 Å². The molecule has 0 unspecified atom stereocenters. The Bertz CT molecular complexity index is 1500. The van der Waals surface area contributed by atoms with E-state index in [1.807, 2.05) is 52.8 Å². The van der Waals surface area contributed by atoms with Crippen LogP contribution in [-0.2, 0) is 31.8 Å². The van der Waals surface area contributed by atoms with Crippen molar-refractivity contribution in [3.05, 3.63) is 35.7 Å². The number of nitrogens with one attached hydrogen (secondary N) is 1. The molecule has 1 saturated heterocycles. The van der Waals surface area contributed by atoms with Gasteiger partial charge in [-0.2, -0.15) is 0 Å². The molecule has 4 heterocycles. The Morgan fingerprint density at radius 3 is 2.55 bits per heavy atom. The van der Waals surface area contributed by atoms with Gasteiger partial charge >= 0.3 is 6.09 Å². The minimum Gasteiger partial charge on any atom is -0.444 e. The van der Waals surface area contributed by atoms with Crippen molar-refractivity contribution in [1.29, 1.82) is 0 Å². The molecule has 0 aliphatic carbocycles. The molecule has 4 rings (SSSR count). The second kappa shape index (κ2) is 12.9. The quantitative estimate of drug-likeness (QED) is 0.363. The molecule has 0 bridgehead atoms. The zero-order chi connectivity index (χ0) is 30.7. The van der Waals surface area contributed by atoms with Gasteiger partial charge in [0.15, 0.2) is 5.82 Å². The fraction of sp³-hybridized carbons (Fsp3) is 0.586. The fourth-order valence-electron chi connectivity index (χ4n) is 4.94. The number of morpholine rings is 1. The van der Waals surface area contributed by atoms with E-state index in [2.05, 4.69) is 21.8 Å². The highest BCUT2D eigenvalue weighted by atomic mass is 32.2. The number of carbonyl (C=O) groups excluding carboxylic acids is 1. The number of pyridine rings is 1. The van der Waals surface area contributed by atoms with Gasteiger partial charge in [-0.25, -0.2) is 32.5 Å². The van der Waals surface area contributed by atoms with Gasteiger partial charge in [-0.05, 0) is 45.4 Å². The molecule has 1 aliphatic rings. The molecule has 12 nitrogen and oxygen atoms in total. The van der Waals surface area contributed by atoms with E-state index in [1.165, 1.54) is 9.21 Å². The lowest BCUT2D eigenvalue weighted by atomic mass is 10.1. The topological polar surface area (TPSA) is 134 Å². The van der Waals surface area contributed by atoms with E-state index in [0.717, 1.165) is 17.6 Å². The molecule has 1 aliphatic heterocycles. The number of amides is 1. The number of H-pyrrole nitrogens is 1. The van der Waals surface area contributed by atoms with Crippen molar-refractivity contribution in [2.75, 3.05) is 44.8 Å². The summed E-state index contributed by atoms with van der Waals surface area (Å²) in [5.41, 5.74) is 2.63. The molecule has 13 heteroatoms. The standard InChI is InChI=1S/C29H43N7O5S/c1-8-22-18-40-14-13-36(22)26-16-21(19-42(38,39)35(9-2)10-3)31-27(33-26)24-12-11-23-25(32-24)15-20(30-23)17-34(7)28(37)41-29(4,5)6/h11-12,15-16,22,30H,8-10,13-14,17-19H2,1-7H3/t22-/m0/s1. The number of hydrogen-bond donors (Lipinski definition) is 1. The first kappa shape index (κ1) is 31.6. The van der Waals surface area contributed by atoms with E-state index >= 15 is 0 Å². The number of hydrogen-bond acceptors (Lipinski definition) is 9. The first-order valence-electron chi connectivity index (χ1n) is 14.5. The highest BCUT2D eigenvalue weighted by molar-refractivity contribution is 7.88. The van der Waals surface area contributed by atoms with Gasteiger partial charge in [0, 0.05) is 38.4 Å². The fourth-order valence-corrected chi connectivity index (χ4v) is 6.43. The van der Waals surface area contributed by atoms with Crippen LogP contribution in [0, 0.1) is 0 Å². The summed E-state index contributed by atoms with van der Waals surface area (Å²) in [6.45, 7) is 14.1. The molecule has 230 valence electrons. The predicted molar refractivity (Wildman–Crippen MR) is 163 cm³/mol. The number of rotatable bonds is 10. The summed E-state index contributed by atoms with van der Waals surface area (Å²) in [6.07, 6.45) is 0.446. The molecular formula is C29H43N7O5S. The largest absolute Gasteiger partial charge is 0.444 e. The Morgan fingerprint density at radius 2 is 1.88 bits per heavy atom. The van der Waals surface area contributed by atoms with Gasteiger partial charge in [0.1, 0.15) is 22.9 Å². The highest BCUT2D eigenvalue weighted by Crippen LogP contribution is 2.26. The van der Waals surface area contributed by atoms with Crippen molar-refractivity contribution < 1.29 is 22.7 Å². The van der Waals surface area contributed by atoms with Crippen molar-refractivity contribution in [3.63, 3.8) is 0 Å². The number of sulfonamides is 1. The molecule has 0 radical (unpaired) electrons. The maximum Gasteiger partial charge on any atom is 0.410 e. The molecule has 1 atom stereocenters. The summed E-state index contributed by atoms with van der Waals surface area (Å²) >= 11 is 0. The maximum absolute atomic E-state index is 13.2. The number of aromatic nitrogens is 4. The first-order valence-corrected chi connectivity index (χ1v) is 16.1. The molecule has 1 N–H and O–H groups in total. The summed E-state index contributed by atoms with van der Waals surface area (Å²) in [6, 6.07) is 7.49. The number of carbonyl (C=O) groups is 1. The molecular weight excluding hydrogens is 558 g/mol. The Morgan fingerprint density at radius 1 is 1.14 bits per heavy atom. The second-order valence-corrected chi connectivity index (χ2v) is 13.4. The van der Waals surface area contributed by atoms with Gasteiger partial charge in [0.05, 0.1) is 42.5 Å². The lowest BCUT2D eigenvalue weighted by molar-refractivity contribution is 0.0283. The van der Waals surface area contributed by atoms with Crippen molar-refractivity contribution in [2.45, 2.75) is 71.9 Å². The summed E-state index contributed by atoms with van der Waals surface area (Å²) < 4.78 is 39.0. The third-order valence-corrected chi connectivity index (χ3v) is 9.02. The smallest absolute Gasteiger partial charge is 0.410 e. The van der Waals surface area contributed by atoms with Crippen LogP contribution in [0.4, 0.5) is 10.6 Å². The van der Waals surface area contributed by atoms with Crippen LogP contribution in [-0.4, -0.2) is 95.2 Å². The summed E-state index contributed by atoms with van der Waals surface area (Å²) in [4.78, 5) is 33.8. The average Bonchev–Trinajstić information content (AvgIpc) is 3.33. The zero-order valence-corrected chi connectivity index (χ0v) is 26.5. The van der Waals surface area contributed by atoms with Crippen LogP contribution in [0.2, 0.25) is 0 Å². The Balaban J connectivity index is 1.69. The third-order valence-electron chi connectivity index (χ3n) is 7.06. The molecule has 0 saturated carbocycles. The number of fused-ring (bicyclic) bond motifs is 1. The van der Waals surface area contributed by atoms with Crippen molar-refractivity contribution in [1.82, 2.24) is 29.1 Å². The lowest BCUT2D eigenvalue weighted by Crippen LogP contribution is -2.45. The molecule has 3 aromatic heterocycles. The second-order valence-electron chi connectivity index (χ2n) is 11.5. The number of anilines is 1. The van der Waals surface area contributed by atoms with Crippen LogP contribution < -0.4 is 4.90 Å². The minimum atomic E-state index is -3.57. The predicted octanol–water partition coefficient (Wildman–Crippen LogP) is 4.17. The Hall–Kier alpha value is -3.29. The van der Waals surface area contributed by atoms with E-state index < -0.39 is 21.7 Å². The van der Waals surface area contributed by atoms with Crippen LogP contribution >= 0.6 is 0 Å². The summed E-state index contributed by atoms with van der Waals surface area (Å²) in [5, 5.41) is 0. The van der Waals surface area contributed by atoms with Crippen molar-refractivity contribution in [2.24, 2.45) is 0 Å². The molecule has 0 spiro atoms. The van der Waals surface area contributed by atoms with Crippen molar-refractivity contribution >= 4 is 33.0 Å². The van der Waals surface area contributed by atoms with Crippen LogP contribution in [0.25, 0.3) is 22.6 Å². The Kier molecular flexibility index (Phi) is 9.74. The van der Waals surface area contributed by atoms with Crippen molar-refractivity contribution in [3.8, 4) is 11.5 Å². The van der Waals surface area contributed by atoms with Gasteiger partial charge < -0.3 is 24.3 Å². The third kappa shape index (κ3) is 7.56. The molecule has 42 heavy (non-hydrogen) atoms. The first-order chi connectivity index (χ1) is 19.8. The molecule has 0 aromatic carbocycles. The van der Waals surface area contributed by atoms with E-state index in [-0.39, 0.29) is 11.8 Å². The van der Waals surface area contributed by atoms with Gasteiger partial charge in [-0.3, -0.25) is 0 Å². The average molecular weight is 602 g/mol. The number of nitrogens with zero attached hydrogens (tertiary/aromatic N) is 6. The van der Waals surface area contributed by atoms with Crippen LogP contribution in [0.3, 0.4) is 0 Å². The van der Waals surface area contributed by atoms with Gasteiger partial charge in [0.2, 0.25) is 10.0 Å². The molecule has 3 aromatic rings. The Labute approximate surface area is 248 Å². The maximum atomic E-state index is 13.2. The normalized spacial score (nSPS) is 16.3. The van der Waals surface area contributed by atoms with E-state index in [4.69, 9.17) is 19.4 Å². The number of ether oxygens (including phenoxy) is 2. The van der Waals surface area contributed by atoms with Gasteiger partial charge in [-0.15, -0.1) is 0 Å². The zero-order valence-electron chi connectivity index (χ0n) is 25.7. The van der Waals surface area contributed by atoms with E-state index in [9.17, 15) is 13.2 Å². The SMILES string of the molecule is CC[C@H]1COCCN1c1cc(CS(=O)(=O)N(CC)CC)nc(-c2ccc3[nH]c(CN(C)C(=O)OC(C)(C)C)cc3n2)n1.